The summed E-state index contributed by atoms with van der Waals surface area (Å²) in [6.45, 7) is 3.69. The first-order chi connectivity index (χ1) is 12.6. The first-order valence-electron chi connectivity index (χ1n) is 8.90. The quantitative estimate of drug-likeness (QED) is 0.722. The van der Waals surface area contributed by atoms with E-state index < -0.39 is 0 Å². The number of fused-ring (bicyclic) bond motifs is 1. The number of carbonyl (C=O) groups excluding carboxylic acids is 1. The largest absolute Gasteiger partial charge is 0.341 e. The van der Waals surface area contributed by atoms with Crippen LogP contribution in [-0.4, -0.2) is 43.2 Å². The molecule has 1 atom stereocenters. The first kappa shape index (κ1) is 16.5. The molecule has 7 heteroatoms. The molecule has 1 aromatic carbocycles. The van der Waals surface area contributed by atoms with Gasteiger partial charge in [0.25, 0.3) is 5.56 Å². The minimum Gasteiger partial charge on any atom is -0.341 e. The van der Waals surface area contributed by atoms with Crippen LogP contribution in [0.5, 0.6) is 0 Å². The van der Waals surface area contributed by atoms with Crippen molar-refractivity contribution in [1.82, 2.24) is 24.2 Å². The van der Waals surface area contributed by atoms with Gasteiger partial charge in [-0.3, -0.25) is 14.2 Å². The second-order valence-corrected chi connectivity index (χ2v) is 6.89. The highest BCUT2D eigenvalue weighted by molar-refractivity contribution is 5.78. The molecule has 26 heavy (non-hydrogen) atoms. The third kappa shape index (κ3) is 3.00. The number of para-hydroxylation sites is 1. The number of amides is 1. The number of hydrogen-bond acceptors (Lipinski definition) is 4. The van der Waals surface area contributed by atoms with Gasteiger partial charge in [-0.05, 0) is 30.9 Å². The molecule has 0 bridgehead atoms. The molecule has 134 valence electrons. The lowest BCUT2D eigenvalue weighted by Crippen LogP contribution is -2.42. The summed E-state index contributed by atoms with van der Waals surface area (Å²) in [4.78, 5) is 31.5. The number of piperidine rings is 1. The number of carbonyl (C=O) groups is 1. The van der Waals surface area contributed by atoms with Crippen molar-refractivity contribution in [2.75, 3.05) is 13.1 Å². The Bertz CT molecular complexity index is 992. The molecule has 7 nitrogen and oxygen atoms in total. The van der Waals surface area contributed by atoms with E-state index in [1.165, 1.54) is 17.1 Å². The molecule has 1 aliphatic heterocycles. The van der Waals surface area contributed by atoms with Gasteiger partial charge in [0.1, 0.15) is 18.3 Å². The van der Waals surface area contributed by atoms with Gasteiger partial charge in [-0.1, -0.05) is 25.1 Å². The summed E-state index contributed by atoms with van der Waals surface area (Å²) in [7, 11) is 0. The van der Waals surface area contributed by atoms with Gasteiger partial charge in [0.2, 0.25) is 5.91 Å². The molecular weight excluding hydrogens is 330 g/mol. The van der Waals surface area contributed by atoms with Gasteiger partial charge < -0.3 is 4.90 Å². The molecule has 1 aliphatic rings. The van der Waals surface area contributed by atoms with Gasteiger partial charge in [0, 0.05) is 13.1 Å². The highest BCUT2D eigenvalue weighted by Gasteiger charge is 2.22. The van der Waals surface area contributed by atoms with E-state index in [-0.39, 0.29) is 18.0 Å². The summed E-state index contributed by atoms with van der Waals surface area (Å²) in [5, 5.41) is 4.71. The summed E-state index contributed by atoms with van der Waals surface area (Å²) < 4.78 is 3.01. The fraction of sp³-hybridized carbons (Fsp3) is 0.368. The van der Waals surface area contributed by atoms with Gasteiger partial charge in [-0.2, -0.15) is 5.10 Å². The molecule has 1 fully saturated rings. The predicted octanol–water partition coefficient (Wildman–Crippen LogP) is 1.84. The van der Waals surface area contributed by atoms with E-state index in [4.69, 9.17) is 0 Å². The van der Waals surface area contributed by atoms with E-state index in [9.17, 15) is 9.59 Å². The van der Waals surface area contributed by atoms with Crippen LogP contribution in [-0.2, 0) is 11.3 Å². The van der Waals surface area contributed by atoms with E-state index >= 15 is 0 Å². The van der Waals surface area contributed by atoms with Gasteiger partial charge >= 0.3 is 0 Å². The van der Waals surface area contributed by atoms with Crippen LogP contribution in [0, 0.1) is 5.92 Å². The number of likely N-dealkylation sites (tertiary alicyclic amines) is 1. The molecule has 3 heterocycles. The minimum atomic E-state index is -0.240. The Morgan fingerprint density at radius 2 is 2.08 bits per heavy atom. The number of hydrogen-bond donors (Lipinski definition) is 0. The normalized spacial score (nSPS) is 17.6. The van der Waals surface area contributed by atoms with Crippen molar-refractivity contribution in [3.63, 3.8) is 0 Å². The van der Waals surface area contributed by atoms with E-state index in [1.54, 1.807) is 4.68 Å². The Morgan fingerprint density at radius 1 is 1.27 bits per heavy atom. The Labute approximate surface area is 150 Å². The number of benzene rings is 1. The zero-order valence-corrected chi connectivity index (χ0v) is 14.7. The zero-order valence-electron chi connectivity index (χ0n) is 14.7. The molecule has 0 saturated carbocycles. The Kier molecular flexibility index (Phi) is 4.28. The SMILES string of the molecule is C[C@H]1CCCN(C(=O)Cn2cnc3c(cnn3-c3ccccc3)c2=O)C1. The van der Waals surface area contributed by atoms with Crippen LogP contribution in [0.1, 0.15) is 19.8 Å². The molecule has 4 rings (SSSR count). The van der Waals surface area contributed by atoms with Crippen molar-refractivity contribution in [3.8, 4) is 5.69 Å². The monoisotopic (exact) mass is 351 g/mol. The molecule has 0 unspecified atom stereocenters. The van der Waals surface area contributed by atoms with Gasteiger partial charge in [0.05, 0.1) is 11.9 Å². The van der Waals surface area contributed by atoms with Gasteiger partial charge in [0.15, 0.2) is 5.65 Å². The summed E-state index contributed by atoms with van der Waals surface area (Å²) in [5.74, 6) is 0.476. The van der Waals surface area contributed by atoms with Crippen LogP contribution in [0.2, 0.25) is 0 Å². The highest BCUT2D eigenvalue weighted by Crippen LogP contribution is 2.16. The molecule has 2 aromatic heterocycles. The average Bonchev–Trinajstić information content (AvgIpc) is 3.09. The Balaban J connectivity index is 1.62. The first-order valence-corrected chi connectivity index (χ1v) is 8.90. The maximum absolute atomic E-state index is 12.8. The summed E-state index contributed by atoms with van der Waals surface area (Å²) in [6.07, 6.45) is 5.12. The zero-order chi connectivity index (χ0) is 18.1. The fourth-order valence-electron chi connectivity index (χ4n) is 3.48. The molecular formula is C19H21N5O2. The fourth-order valence-corrected chi connectivity index (χ4v) is 3.48. The molecule has 0 aliphatic carbocycles. The summed E-state index contributed by atoms with van der Waals surface area (Å²) in [6, 6.07) is 9.54. The number of aromatic nitrogens is 4. The lowest BCUT2D eigenvalue weighted by atomic mass is 10.0. The van der Waals surface area contributed by atoms with Crippen molar-refractivity contribution in [2.24, 2.45) is 5.92 Å². The van der Waals surface area contributed by atoms with Crippen molar-refractivity contribution < 1.29 is 4.79 Å². The third-order valence-electron chi connectivity index (χ3n) is 4.87. The maximum Gasteiger partial charge on any atom is 0.264 e. The van der Waals surface area contributed by atoms with Gasteiger partial charge in [-0.15, -0.1) is 0 Å². The van der Waals surface area contributed by atoms with E-state index in [1.807, 2.05) is 35.2 Å². The highest BCUT2D eigenvalue weighted by atomic mass is 16.2. The lowest BCUT2D eigenvalue weighted by Gasteiger charge is -2.31. The van der Waals surface area contributed by atoms with E-state index in [2.05, 4.69) is 17.0 Å². The predicted molar refractivity (Wildman–Crippen MR) is 98.1 cm³/mol. The third-order valence-corrected chi connectivity index (χ3v) is 4.87. The summed E-state index contributed by atoms with van der Waals surface area (Å²) in [5.41, 5.74) is 1.10. The molecule has 3 aromatic rings. The Hall–Kier alpha value is -2.96. The van der Waals surface area contributed by atoms with Crippen molar-refractivity contribution >= 4 is 16.9 Å². The minimum absolute atomic E-state index is 0.0189. The standard InChI is InChI=1S/C19H21N5O2/c1-14-6-5-9-22(11-14)17(25)12-23-13-20-18-16(19(23)26)10-21-24(18)15-7-3-2-4-8-15/h2-4,7-8,10,13-14H,5-6,9,11-12H2,1H3/t14-/m0/s1. The van der Waals surface area contributed by atoms with Gasteiger partial charge in [-0.25, -0.2) is 9.67 Å². The van der Waals surface area contributed by atoms with E-state index in [0.29, 0.717) is 17.0 Å². The molecule has 1 saturated heterocycles. The van der Waals surface area contributed by atoms with Crippen LogP contribution in [0.3, 0.4) is 0 Å². The van der Waals surface area contributed by atoms with Crippen LogP contribution < -0.4 is 5.56 Å². The topological polar surface area (TPSA) is 73.0 Å². The van der Waals surface area contributed by atoms with Crippen LogP contribution in [0.15, 0.2) is 47.7 Å². The van der Waals surface area contributed by atoms with Crippen LogP contribution in [0.4, 0.5) is 0 Å². The summed E-state index contributed by atoms with van der Waals surface area (Å²) >= 11 is 0. The Morgan fingerprint density at radius 3 is 2.85 bits per heavy atom. The smallest absolute Gasteiger partial charge is 0.264 e. The number of rotatable bonds is 3. The molecule has 0 N–H and O–H groups in total. The number of nitrogens with zero attached hydrogens (tertiary/aromatic N) is 5. The maximum atomic E-state index is 12.8. The van der Waals surface area contributed by atoms with Crippen molar-refractivity contribution in [3.05, 3.63) is 53.2 Å². The van der Waals surface area contributed by atoms with E-state index in [0.717, 1.165) is 31.6 Å². The van der Waals surface area contributed by atoms with Crippen LogP contribution in [0.25, 0.3) is 16.7 Å². The molecule has 0 spiro atoms. The lowest BCUT2D eigenvalue weighted by molar-refractivity contribution is -0.133. The second-order valence-electron chi connectivity index (χ2n) is 6.89. The molecule has 0 radical (unpaired) electrons. The second kappa shape index (κ2) is 6.74. The van der Waals surface area contributed by atoms with Crippen molar-refractivity contribution in [1.29, 1.82) is 0 Å². The van der Waals surface area contributed by atoms with Crippen molar-refractivity contribution in [2.45, 2.75) is 26.3 Å². The average molecular weight is 351 g/mol. The molecule has 1 amide bonds. The van der Waals surface area contributed by atoms with Crippen LogP contribution >= 0.6 is 0 Å².